The Hall–Kier alpha value is -2.99. The highest BCUT2D eigenvalue weighted by molar-refractivity contribution is 8.04. The minimum atomic E-state index is -0.0365. The van der Waals surface area contributed by atoms with Crippen LogP contribution in [0.3, 0.4) is 0 Å². The molecule has 0 atom stereocenters. The van der Waals surface area contributed by atoms with E-state index >= 15 is 0 Å². The monoisotopic (exact) mass is 417 g/mol. The predicted molar refractivity (Wildman–Crippen MR) is 122 cm³/mol. The normalized spacial score (nSPS) is 18.1. The van der Waals surface area contributed by atoms with Gasteiger partial charge in [0.25, 0.3) is 11.8 Å². The van der Waals surface area contributed by atoms with Crippen LogP contribution in [0.5, 0.6) is 0 Å². The van der Waals surface area contributed by atoms with E-state index in [1.165, 1.54) is 5.57 Å². The average Bonchev–Trinajstić information content (AvgIpc) is 3.59. The number of hydrogen-bond acceptors (Lipinski definition) is 4. The van der Waals surface area contributed by atoms with Gasteiger partial charge in [-0.15, -0.1) is 11.8 Å². The van der Waals surface area contributed by atoms with E-state index < -0.39 is 0 Å². The van der Waals surface area contributed by atoms with Gasteiger partial charge in [0.2, 0.25) is 0 Å². The molecule has 0 radical (unpaired) electrons. The molecule has 3 aliphatic rings. The van der Waals surface area contributed by atoms with Gasteiger partial charge < -0.3 is 16.0 Å². The van der Waals surface area contributed by atoms with Crippen LogP contribution in [0.2, 0.25) is 0 Å². The summed E-state index contributed by atoms with van der Waals surface area (Å²) in [7, 11) is 0. The number of hydrogen-bond donors (Lipinski definition) is 2. The van der Waals surface area contributed by atoms with Gasteiger partial charge in [0.15, 0.2) is 0 Å². The molecule has 2 aliphatic heterocycles. The number of allylic oxidation sites excluding steroid dienone is 1. The standard InChI is InChI=1S/C24H23N3O2S/c25-17-7-5-15(6-8-17)24(29)27-12-11-16-13-22(23(28)26-18-9-10-18)30-14-20(16)19-3-1-2-4-21(19)27/h1-8,13,18H,9-12,14,25H2,(H,26,28). The number of thioether (sulfide) groups is 1. The molecular formula is C24H23N3O2S. The van der Waals surface area contributed by atoms with E-state index in [1.54, 1.807) is 36.0 Å². The van der Waals surface area contributed by atoms with Crippen molar-refractivity contribution in [3.05, 3.63) is 76.2 Å². The van der Waals surface area contributed by atoms with Gasteiger partial charge in [-0.25, -0.2) is 0 Å². The zero-order valence-electron chi connectivity index (χ0n) is 16.6. The van der Waals surface area contributed by atoms with Crippen LogP contribution in [-0.2, 0) is 4.79 Å². The number of nitrogens with one attached hydrogen (secondary N) is 1. The lowest BCUT2D eigenvalue weighted by Crippen LogP contribution is -2.32. The summed E-state index contributed by atoms with van der Waals surface area (Å²) in [6.45, 7) is 0.567. The van der Waals surface area contributed by atoms with Crippen LogP contribution in [0.15, 0.2) is 65.1 Å². The molecule has 1 aliphatic carbocycles. The first-order valence-corrected chi connectivity index (χ1v) is 11.2. The quantitative estimate of drug-likeness (QED) is 0.741. The van der Waals surface area contributed by atoms with E-state index in [0.717, 1.165) is 40.3 Å². The molecule has 2 aromatic rings. The lowest BCUT2D eigenvalue weighted by Gasteiger charge is -2.23. The summed E-state index contributed by atoms with van der Waals surface area (Å²) in [5.41, 5.74) is 11.4. The predicted octanol–water partition coefficient (Wildman–Crippen LogP) is 3.98. The van der Waals surface area contributed by atoms with Crippen molar-refractivity contribution in [2.45, 2.75) is 25.3 Å². The highest BCUT2D eigenvalue weighted by atomic mass is 32.2. The maximum Gasteiger partial charge on any atom is 0.258 e. The Morgan fingerprint density at radius 2 is 1.83 bits per heavy atom. The van der Waals surface area contributed by atoms with Crippen molar-refractivity contribution in [1.82, 2.24) is 5.32 Å². The molecule has 5 nitrogen and oxygen atoms in total. The van der Waals surface area contributed by atoms with Gasteiger partial charge in [0, 0.05) is 35.2 Å². The summed E-state index contributed by atoms with van der Waals surface area (Å²) in [4.78, 5) is 28.5. The van der Waals surface area contributed by atoms with Crippen LogP contribution < -0.4 is 16.0 Å². The van der Waals surface area contributed by atoms with E-state index in [2.05, 4.69) is 11.4 Å². The number of rotatable bonds is 3. The average molecular weight is 418 g/mol. The first-order chi connectivity index (χ1) is 14.6. The summed E-state index contributed by atoms with van der Waals surface area (Å²) in [6.07, 6.45) is 4.89. The number of nitrogen functional groups attached to an aromatic ring is 1. The van der Waals surface area contributed by atoms with Gasteiger partial charge >= 0.3 is 0 Å². The topological polar surface area (TPSA) is 75.4 Å². The molecule has 0 aromatic heterocycles. The molecule has 30 heavy (non-hydrogen) atoms. The molecule has 0 saturated heterocycles. The zero-order valence-corrected chi connectivity index (χ0v) is 17.4. The Morgan fingerprint density at radius 3 is 2.60 bits per heavy atom. The number of nitrogens with two attached hydrogens (primary N) is 1. The van der Waals surface area contributed by atoms with Gasteiger partial charge in [-0.1, -0.05) is 18.2 Å². The third kappa shape index (κ3) is 3.63. The molecule has 152 valence electrons. The molecule has 1 fully saturated rings. The summed E-state index contributed by atoms with van der Waals surface area (Å²) < 4.78 is 0. The van der Waals surface area contributed by atoms with Crippen LogP contribution in [0.25, 0.3) is 5.57 Å². The Kier molecular flexibility index (Phi) is 4.87. The number of anilines is 2. The number of amides is 2. The fourth-order valence-electron chi connectivity index (χ4n) is 3.93. The molecular weight excluding hydrogens is 394 g/mol. The Bertz CT molecular complexity index is 1080. The second-order valence-corrected chi connectivity index (χ2v) is 8.91. The summed E-state index contributed by atoms with van der Waals surface area (Å²) >= 11 is 1.58. The highest BCUT2D eigenvalue weighted by Crippen LogP contribution is 2.41. The van der Waals surface area contributed by atoms with Gasteiger partial charge in [-0.3, -0.25) is 9.59 Å². The highest BCUT2D eigenvalue weighted by Gasteiger charge is 2.30. The van der Waals surface area contributed by atoms with Crippen LogP contribution in [0.1, 0.15) is 35.2 Å². The van der Waals surface area contributed by atoms with Crippen molar-refractivity contribution < 1.29 is 9.59 Å². The molecule has 2 amide bonds. The maximum atomic E-state index is 13.3. The number of fused-ring (bicyclic) bond motifs is 2. The van der Waals surface area contributed by atoms with Crippen LogP contribution in [-0.4, -0.2) is 30.2 Å². The van der Waals surface area contributed by atoms with E-state index in [1.807, 2.05) is 29.2 Å². The molecule has 5 rings (SSSR count). The lowest BCUT2D eigenvalue weighted by molar-refractivity contribution is -0.116. The first kappa shape index (κ1) is 19.0. The van der Waals surface area contributed by atoms with Crippen molar-refractivity contribution in [1.29, 1.82) is 0 Å². The second kappa shape index (κ2) is 7.69. The minimum Gasteiger partial charge on any atom is -0.399 e. The minimum absolute atomic E-state index is 0.0291. The van der Waals surface area contributed by atoms with Gasteiger partial charge in [0.05, 0.1) is 10.6 Å². The van der Waals surface area contributed by atoms with E-state index in [4.69, 9.17) is 5.73 Å². The smallest absolute Gasteiger partial charge is 0.258 e. The van der Waals surface area contributed by atoms with Crippen LogP contribution >= 0.6 is 11.8 Å². The van der Waals surface area contributed by atoms with E-state index in [0.29, 0.717) is 30.3 Å². The fourth-order valence-corrected chi connectivity index (χ4v) is 4.98. The van der Waals surface area contributed by atoms with Gasteiger partial charge in [-0.2, -0.15) is 0 Å². The number of benzene rings is 2. The Morgan fingerprint density at radius 1 is 1.07 bits per heavy atom. The van der Waals surface area contributed by atoms with E-state index in [9.17, 15) is 9.59 Å². The van der Waals surface area contributed by atoms with Gasteiger partial charge in [-0.05, 0) is 66.8 Å². The van der Waals surface area contributed by atoms with Crippen LogP contribution in [0, 0.1) is 0 Å². The van der Waals surface area contributed by atoms with E-state index in [-0.39, 0.29) is 11.8 Å². The largest absolute Gasteiger partial charge is 0.399 e. The summed E-state index contributed by atoms with van der Waals surface area (Å²) in [5, 5.41) is 3.08. The molecule has 2 aromatic carbocycles. The molecule has 0 unspecified atom stereocenters. The molecule has 1 saturated carbocycles. The second-order valence-electron chi connectivity index (χ2n) is 7.89. The SMILES string of the molecule is Nc1ccc(C(=O)N2CCC3=C(CSC(C(=O)NC4CC4)=C3)c3ccccc32)cc1. The summed E-state index contributed by atoms with van der Waals surface area (Å²) in [6, 6.07) is 15.4. The van der Waals surface area contributed by atoms with Gasteiger partial charge in [0.1, 0.15) is 0 Å². The Balaban J connectivity index is 1.48. The summed E-state index contributed by atoms with van der Waals surface area (Å²) in [5.74, 6) is 0.729. The molecule has 2 heterocycles. The lowest BCUT2D eigenvalue weighted by atomic mass is 9.98. The van der Waals surface area contributed by atoms with Crippen molar-refractivity contribution in [2.24, 2.45) is 0 Å². The third-order valence-corrected chi connectivity index (χ3v) is 6.78. The van der Waals surface area contributed by atoms with Crippen molar-refractivity contribution in [2.75, 3.05) is 22.9 Å². The number of carbonyl (C=O) groups excluding carboxylic acids is 2. The van der Waals surface area contributed by atoms with Crippen molar-refractivity contribution in [3.8, 4) is 0 Å². The Labute approximate surface area is 180 Å². The molecule has 0 bridgehead atoms. The zero-order chi connectivity index (χ0) is 20.7. The molecule has 0 spiro atoms. The maximum absolute atomic E-state index is 13.3. The van der Waals surface area contributed by atoms with Crippen molar-refractivity contribution >= 4 is 40.5 Å². The number of para-hydroxylation sites is 1. The van der Waals surface area contributed by atoms with Crippen LogP contribution in [0.4, 0.5) is 11.4 Å². The third-order valence-electron chi connectivity index (χ3n) is 5.73. The number of nitrogens with zero attached hydrogens (tertiary/aromatic N) is 1. The van der Waals surface area contributed by atoms with Crippen molar-refractivity contribution in [3.63, 3.8) is 0 Å². The molecule has 6 heteroatoms. The fraction of sp³-hybridized carbons (Fsp3) is 0.250. The molecule has 3 N–H and O–H groups in total. The first-order valence-electron chi connectivity index (χ1n) is 10.2. The number of carbonyl (C=O) groups is 2.